The van der Waals surface area contributed by atoms with Gasteiger partial charge in [-0.1, -0.05) is 0 Å². The molecule has 1 saturated heterocycles. The third-order valence-corrected chi connectivity index (χ3v) is 3.85. The highest BCUT2D eigenvalue weighted by Gasteiger charge is 2.20. The van der Waals surface area contributed by atoms with E-state index in [-0.39, 0.29) is 0 Å². The molecular formula is C12H19BrN4O. The first-order valence-electron chi connectivity index (χ1n) is 6.12. The zero-order chi connectivity index (χ0) is 13.1. The quantitative estimate of drug-likeness (QED) is 0.622. The van der Waals surface area contributed by atoms with Crippen LogP contribution in [0.1, 0.15) is 25.8 Å². The number of ether oxygens (including phenoxy) is 1. The van der Waals surface area contributed by atoms with Gasteiger partial charge >= 0.3 is 0 Å². The van der Waals surface area contributed by atoms with Gasteiger partial charge < -0.3 is 9.64 Å². The van der Waals surface area contributed by atoms with Crippen LogP contribution in [-0.4, -0.2) is 47.8 Å². The van der Waals surface area contributed by atoms with Crippen molar-refractivity contribution in [3.63, 3.8) is 0 Å². The van der Waals surface area contributed by atoms with Gasteiger partial charge in [0.25, 0.3) is 0 Å². The number of piperidine rings is 1. The van der Waals surface area contributed by atoms with E-state index in [0.717, 1.165) is 30.4 Å². The Balaban J connectivity index is 2.13. The summed E-state index contributed by atoms with van der Waals surface area (Å²) in [5, 5.41) is 4.53. The molecule has 2 rings (SSSR count). The SMILES string of the molecule is CO/C(C)=N/c1nn(C2CCN(C)CC2)cc1Br. The Labute approximate surface area is 116 Å². The van der Waals surface area contributed by atoms with Crippen LogP contribution >= 0.6 is 15.9 Å². The van der Waals surface area contributed by atoms with Crippen molar-refractivity contribution in [2.45, 2.75) is 25.8 Å². The van der Waals surface area contributed by atoms with Crippen molar-refractivity contribution in [2.75, 3.05) is 27.2 Å². The molecule has 0 amide bonds. The molecule has 2 heterocycles. The lowest BCUT2D eigenvalue weighted by Gasteiger charge is -2.28. The topological polar surface area (TPSA) is 42.7 Å². The smallest absolute Gasteiger partial charge is 0.191 e. The third-order valence-electron chi connectivity index (χ3n) is 3.29. The maximum atomic E-state index is 5.05. The highest BCUT2D eigenvalue weighted by molar-refractivity contribution is 9.10. The predicted octanol–water partition coefficient (Wildman–Crippen LogP) is 2.61. The summed E-state index contributed by atoms with van der Waals surface area (Å²) in [6.07, 6.45) is 4.28. The van der Waals surface area contributed by atoms with Gasteiger partial charge in [-0.15, -0.1) is 0 Å². The lowest BCUT2D eigenvalue weighted by atomic mass is 10.1. The van der Waals surface area contributed by atoms with Crippen LogP contribution in [0.2, 0.25) is 0 Å². The number of rotatable bonds is 2. The zero-order valence-electron chi connectivity index (χ0n) is 11.1. The number of methoxy groups -OCH3 is 1. The molecule has 0 aromatic carbocycles. The van der Waals surface area contributed by atoms with Gasteiger partial charge in [0.15, 0.2) is 11.7 Å². The van der Waals surface area contributed by atoms with Crippen LogP contribution in [0.4, 0.5) is 5.82 Å². The van der Waals surface area contributed by atoms with E-state index >= 15 is 0 Å². The molecule has 0 spiro atoms. The van der Waals surface area contributed by atoms with E-state index in [1.807, 2.05) is 17.8 Å². The second-order valence-corrected chi connectivity index (χ2v) is 5.50. The minimum atomic E-state index is 0.476. The summed E-state index contributed by atoms with van der Waals surface area (Å²) in [5.74, 6) is 1.30. The molecule has 0 unspecified atom stereocenters. The van der Waals surface area contributed by atoms with Crippen LogP contribution in [0.25, 0.3) is 0 Å². The summed E-state index contributed by atoms with van der Waals surface area (Å²) >= 11 is 3.50. The molecule has 1 fully saturated rings. The number of hydrogen-bond donors (Lipinski definition) is 0. The second-order valence-electron chi connectivity index (χ2n) is 4.65. The Morgan fingerprint density at radius 3 is 2.78 bits per heavy atom. The highest BCUT2D eigenvalue weighted by Crippen LogP contribution is 2.28. The maximum absolute atomic E-state index is 5.05. The van der Waals surface area contributed by atoms with Crippen LogP contribution in [-0.2, 0) is 4.74 Å². The van der Waals surface area contributed by atoms with Crippen molar-refractivity contribution in [1.29, 1.82) is 0 Å². The van der Waals surface area contributed by atoms with Crippen LogP contribution in [0.15, 0.2) is 15.7 Å². The summed E-state index contributed by atoms with van der Waals surface area (Å²) in [6.45, 7) is 4.07. The summed E-state index contributed by atoms with van der Waals surface area (Å²) < 4.78 is 7.99. The number of likely N-dealkylation sites (tertiary alicyclic amines) is 1. The van der Waals surface area contributed by atoms with Crippen molar-refractivity contribution >= 4 is 27.6 Å². The minimum Gasteiger partial charge on any atom is -0.484 e. The summed E-state index contributed by atoms with van der Waals surface area (Å²) in [6, 6.07) is 0.476. The van der Waals surface area contributed by atoms with E-state index in [1.165, 1.54) is 0 Å². The second kappa shape index (κ2) is 5.84. The molecule has 18 heavy (non-hydrogen) atoms. The molecule has 1 aromatic rings. The Morgan fingerprint density at radius 1 is 1.50 bits per heavy atom. The number of nitrogens with zero attached hydrogens (tertiary/aromatic N) is 4. The van der Waals surface area contributed by atoms with Gasteiger partial charge in [-0.3, -0.25) is 4.68 Å². The van der Waals surface area contributed by atoms with Gasteiger partial charge in [0.1, 0.15) is 0 Å². The molecule has 0 saturated carbocycles. The fourth-order valence-corrected chi connectivity index (χ4v) is 2.45. The average molecular weight is 315 g/mol. The van der Waals surface area contributed by atoms with Gasteiger partial charge in [0.2, 0.25) is 0 Å². The molecule has 0 radical (unpaired) electrons. The summed E-state index contributed by atoms with van der Waals surface area (Å²) in [7, 11) is 3.77. The number of aromatic nitrogens is 2. The Bertz CT molecular complexity index is 435. The molecule has 1 aliphatic rings. The first-order chi connectivity index (χ1) is 8.60. The van der Waals surface area contributed by atoms with E-state index in [1.54, 1.807) is 7.11 Å². The van der Waals surface area contributed by atoms with Crippen LogP contribution in [0.3, 0.4) is 0 Å². The molecule has 100 valence electrons. The Kier molecular flexibility index (Phi) is 4.40. The fourth-order valence-electron chi connectivity index (χ4n) is 2.08. The van der Waals surface area contributed by atoms with Crippen molar-refractivity contribution < 1.29 is 4.74 Å². The van der Waals surface area contributed by atoms with Crippen molar-refractivity contribution in [3.05, 3.63) is 10.7 Å². The molecule has 0 bridgehead atoms. The maximum Gasteiger partial charge on any atom is 0.191 e. The van der Waals surface area contributed by atoms with E-state index in [9.17, 15) is 0 Å². The lowest BCUT2D eigenvalue weighted by molar-refractivity contribution is 0.212. The largest absolute Gasteiger partial charge is 0.484 e. The van der Waals surface area contributed by atoms with Crippen LogP contribution in [0.5, 0.6) is 0 Å². The molecule has 5 nitrogen and oxygen atoms in total. The monoisotopic (exact) mass is 314 g/mol. The Morgan fingerprint density at radius 2 is 2.17 bits per heavy atom. The zero-order valence-corrected chi connectivity index (χ0v) is 12.6. The van der Waals surface area contributed by atoms with Crippen molar-refractivity contribution in [3.8, 4) is 0 Å². The standard InChI is InChI=1S/C12H19BrN4O/c1-9(18-3)14-12-11(13)8-17(15-12)10-4-6-16(2)7-5-10/h8,10H,4-7H2,1-3H3/b14-9+. The highest BCUT2D eigenvalue weighted by atomic mass is 79.9. The van der Waals surface area contributed by atoms with Crippen molar-refractivity contribution in [1.82, 2.24) is 14.7 Å². The van der Waals surface area contributed by atoms with Gasteiger partial charge in [-0.2, -0.15) is 10.1 Å². The lowest BCUT2D eigenvalue weighted by Crippen LogP contribution is -2.31. The van der Waals surface area contributed by atoms with Gasteiger partial charge in [-0.25, -0.2) is 0 Å². The molecule has 1 aromatic heterocycles. The van der Waals surface area contributed by atoms with Gasteiger partial charge in [-0.05, 0) is 48.9 Å². The summed E-state index contributed by atoms with van der Waals surface area (Å²) in [5.41, 5.74) is 0. The fraction of sp³-hybridized carbons (Fsp3) is 0.667. The molecular weight excluding hydrogens is 296 g/mol. The molecule has 0 atom stereocenters. The van der Waals surface area contributed by atoms with Crippen LogP contribution < -0.4 is 0 Å². The van der Waals surface area contributed by atoms with E-state index in [4.69, 9.17) is 4.74 Å². The van der Waals surface area contributed by atoms with E-state index in [0.29, 0.717) is 17.8 Å². The first kappa shape index (κ1) is 13.5. The Hall–Kier alpha value is -0.880. The minimum absolute atomic E-state index is 0.476. The van der Waals surface area contributed by atoms with Gasteiger partial charge in [0.05, 0.1) is 17.6 Å². The number of hydrogen-bond acceptors (Lipinski definition) is 4. The van der Waals surface area contributed by atoms with E-state index < -0.39 is 0 Å². The average Bonchev–Trinajstić information content (AvgIpc) is 2.71. The molecule has 1 aliphatic heterocycles. The molecule has 0 aliphatic carbocycles. The van der Waals surface area contributed by atoms with E-state index in [2.05, 4.69) is 38.0 Å². The summed E-state index contributed by atoms with van der Waals surface area (Å²) in [4.78, 5) is 6.66. The predicted molar refractivity (Wildman–Crippen MR) is 75.5 cm³/mol. The van der Waals surface area contributed by atoms with Gasteiger partial charge in [0, 0.05) is 13.1 Å². The normalized spacial score (nSPS) is 19.2. The number of halogens is 1. The van der Waals surface area contributed by atoms with Crippen molar-refractivity contribution in [2.24, 2.45) is 4.99 Å². The number of aliphatic imine (C=N–C) groups is 1. The molecule has 0 N–H and O–H groups in total. The van der Waals surface area contributed by atoms with Crippen LogP contribution in [0, 0.1) is 0 Å². The third kappa shape index (κ3) is 3.11. The first-order valence-corrected chi connectivity index (χ1v) is 6.92. The molecule has 6 heteroatoms.